The maximum atomic E-state index is 12.7. The van der Waals surface area contributed by atoms with E-state index in [0.717, 1.165) is 16.1 Å². The van der Waals surface area contributed by atoms with E-state index in [1.54, 1.807) is 22.3 Å². The minimum absolute atomic E-state index is 0.105. The van der Waals surface area contributed by atoms with Gasteiger partial charge in [0.15, 0.2) is 5.69 Å². The Bertz CT molecular complexity index is 798. The Labute approximate surface area is 143 Å². The molecule has 0 fully saturated rings. The fourth-order valence-corrected chi connectivity index (χ4v) is 3.20. The number of carbonyl (C=O) groups excluding carboxylic acids is 1. The van der Waals surface area contributed by atoms with Gasteiger partial charge in [0.2, 0.25) is 0 Å². The zero-order chi connectivity index (χ0) is 16.2. The van der Waals surface area contributed by atoms with Crippen LogP contribution in [-0.4, -0.2) is 27.5 Å². The van der Waals surface area contributed by atoms with Crippen molar-refractivity contribution in [2.45, 2.75) is 13.5 Å². The summed E-state index contributed by atoms with van der Waals surface area (Å²) in [6, 6.07) is 13.3. The summed E-state index contributed by atoms with van der Waals surface area (Å²) < 4.78 is 0. The average Bonchev–Trinajstić information content (AvgIpc) is 3.24. The van der Waals surface area contributed by atoms with E-state index in [4.69, 9.17) is 11.6 Å². The fourth-order valence-electron chi connectivity index (χ4n) is 2.31. The van der Waals surface area contributed by atoms with Crippen molar-refractivity contribution in [3.63, 3.8) is 0 Å². The standard InChI is InChI=1S/C17H16ClN3OS/c1-2-21(11-12-6-3-4-7-13(12)18)17(22)15-10-14(19-20-15)16-8-5-9-23-16/h3-10H,2,11H2,1H3,(H,19,20). The first-order valence-corrected chi connectivity index (χ1v) is 8.56. The van der Waals surface area contributed by atoms with Crippen molar-refractivity contribution < 1.29 is 4.79 Å². The van der Waals surface area contributed by atoms with E-state index in [0.29, 0.717) is 23.8 Å². The van der Waals surface area contributed by atoms with Crippen molar-refractivity contribution in [2.24, 2.45) is 0 Å². The van der Waals surface area contributed by atoms with Gasteiger partial charge in [0.05, 0.1) is 10.6 Å². The summed E-state index contributed by atoms with van der Waals surface area (Å²) >= 11 is 7.80. The minimum Gasteiger partial charge on any atom is -0.333 e. The third-order valence-electron chi connectivity index (χ3n) is 3.57. The number of nitrogens with zero attached hydrogens (tertiary/aromatic N) is 2. The lowest BCUT2D eigenvalue weighted by molar-refractivity contribution is 0.0746. The summed E-state index contributed by atoms with van der Waals surface area (Å²) in [7, 11) is 0. The molecule has 0 radical (unpaired) electrons. The number of benzene rings is 1. The van der Waals surface area contributed by atoms with E-state index >= 15 is 0 Å². The van der Waals surface area contributed by atoms with Gasteiger partial charge in [0.25, 0.3) is 5.91 Å². The van der Waals surface area contributed by atoms with E-state index < -0.39 is 0 Å². The van der Waals surface area contributed by atoms with E-state index in [2.05, 4.69) is 10.2 Å². The molecule has 0 unspecified atom stereocenters. The van der Waals surface area contributed by atoms with Crippen LogP contribution in [-0.2, 0) is 6.54 Å². The number of hydrogen-bond acceptors (Lipinski definition) is 3. The summed E-state index contributed by atoms with van der Waals surface area (Å²) in [4.78, 5) is 15.5. The van der Waals surface area contributed by atoms with Crippen molar-refractivity contribution in [2.75, 3.05) is 6.54 Å². The molecular formula is C17H16ClN3OS. The Balaban J connectivity index is 1.79. The van der Waals surface area contributed by atoms with Gasteiger partial charge in [-0.25, -0.2) is 0 Å². The molecule has 0 aliphatic rings. The molecule has 0 atom stereocenters. The normalized spacial score (nSPS) is 10.7. The molecule has 0 saturated heterocycles. The molecule has 0 spiro atoms. The molecule has 1 N–H and O–H groups in total. The van der Waals surface area contributed by atoms with Gasteiger partial charge in [0, 0.05) is 18.1 Å². The Kier molecular flexibility index (Phi) is 4.79. The summed E-state index contributed by atoms with van der Waals surface area (Å²) in [5, 5.41) is 9.75. The zero-order valence-corrected chi connectivity index (χ0v) is 14.2. The maximum absolute atomic E-state index is 12.7. The van der Waals surface area contributed by atoms with Crippen molar-refractivity contribution in [1.82, 2.24) is 15.1 Å². The Morgan fingerprint density at radius 3 is 2.83 bits per heavy atom. The Hall–Kier alpha value is -2.11. The molecule has 0 aliphatic heterocycles. The molecule has 0 aliphatic carbocycles. The molecule has 1 amide bonds. The third-order valence-corrected chi connectivity index (χ3v) is 4.84. The second kappa shape index (κ2) is 6.98. The highest BCUT2D eigenvalue weighted by atomic mass is 35.5. The number of H-pyrrole nitrogens is 1. The molecular weight excluding hydrogens is 330 g/mol. The van der Waals surface area contributed by atoms with Gasteiger partial charge in [-0.3, -0.25) is 9.89 Å². The van der Waals surface area contributed by atoms with Crippen LogP contribution in [0.1, 0.15) is 23.0 Å². The number of halogens is 1. The molecule has 23 heavy (non-hydrogen) atoms. The highest BCUT2D eigenvalue weighted by Gasteiger charge is 2.19. The predicted octanol–water partition coefficient (Wildman–Crippen LogP) is 4.45. The summed E-state index contributed by atoms with van der Waals surface area (Å²) in [6.07, 6.45) is 0. The lowest BCUT2D eigenvalue weighted by Crippen LogP contribution is -2.30. The van der Waals surface area contributed by atoms with E-state index in [-0.39, 0.29) is 5.91 Å². The lowest BCUT2D eigenvalue weighted by atomic mass is 10.2. The molecule has 3 aromatic rings. The molecule has 0 bridgehead atoms. The first-order chi connectivity index (χ1) is 11.2. The Morgan fingerprint density at radius 1 is 1.30 bits per heavy atom. The van der Waals surface area contributed by atoms with Gasteiger partial charge in [-0.1, -0.05) is 35.9 Å². The van der Waals surface area contributed by atoms with Gasteiger partial charge in [-0.15, -0.1) is 11.3 Å². The van der Waals surface area contributed by atoms with Crippen LogP contribution in [0.3, 0.4) is 0 Å². The van der Waals surface area contributed by atoms with Gasteiger partial charge >= 0.3 is 0 Å². The SMILES string of the molecule is CCN(Cc1ccccc1Cl)C(=O)c1cc(-c2cccs2)[nH]n1. The monoisotopic (exact) mass is 345 g/mol. The quantitative estimate of drug-likeness (QED) is 0.742. The van der Waals surface area contributed by atoms with Crippen LogP contribution in [0.5, 0.6) is 0 Å². The van der Waals surface area contributed by atoms with Crippen LogP contribution in [0.2, 0.25) is 5.02 Å². The largest absolute Gasteiger partial charge is 0.333 e. The fraction of sp³-hybridized carbons (Fsp3) is 0.176. The first-order valence-electron chi connectivity index (χ1n) is 7.31. The van der Waals surface area contributed by atoms with Gasteiger partial charge in [0.1, 0.15) is 0 Å². The van der Waals surface area contributed by atoms with Crippen LogP contribution in [0.4, 0.5) is 0 Å². The average molecular weight is 346 g/mol. The van der Waals surface area contributed by atoms with Gasteiger partial charge in [-0.05, 0) is 36.1 Å². The van der Waals surface area contributed by atoms with Crippen molar-refractivity contribution in [3.05, 3.63) is 64.1 Å². The van der Waals surface area contributed by atoms with E-state index in [9.17, 15) is 4.79 Å². The molecule has 0 saturated carbocycles. The molecule has 3 rings (SSSR count). The van der Waals surface area contributed by atoms with E-state index in [1.807, 2.05) is 48.7 Å². The topological polar surface area (TPSA) is 49.0 Å². The van der Waals surface area contributed by atoms with Crippen LogP contribution in [0, 0.1) is 0 Å². The number of aromatic nitrogens is 2. The van der Waals surface area contributed by atoms with Crippen LogP contribution in [0.15, 0.2) is 47.8 Å². The van der Waals surface area contributed by atoms with Gasteiger partial charge < -0.3 is 4.90 Å². The Morgan fingerprint density at radius 2 is 2.13 bits per heavy atom. The summed E-state index contributed by atoms with van der Waals surface area (Å²) in [5.74, 6) is -0.105. The first kappa shape index (κ1) is 15.8. The number of rotatable bonds is 5. The predicted molar refractivity (Wildman–Crippen MR) is 93.8 cm³/mol. The van der Waals surface area contributed by atoms with Crippen LogP contribution in [0.25, 0.3) is 10.6 Å². The van der Waals surface area contributed by atoms with Crippen molar-refractivity contribution in [1.29, 1.82) is 0 Å². The number of aromatic amines is 1. The van der Waals surface area contributed by atoms with Crippen molar-refractivity contribution >= 4 is 28.8 Å². The smallest absolute Gasteiger partial charge is 0.274 e. The number of amides is 1. The zero-order valence-electron chi connectivity index (χ0n) is 12.6. The number of thiophene rings is 1. The molecule has 2 aromatic heterocycles. The van der Waals surface area contributed by atoms with Crippen LogP contribution < -0.4 is 0 Å². The molecule has 4 nitrogen and oxygen atoms in total. The molecule has 6 heteroatoms. The van der Waals surface area contributed by atoms with Gasteiger partial charge in [-0.2, -0.15) is 5.10 Å². The molecule has 118 valence electrons. The van der Waals surface area contributed by atoms with E-state index in [1.165, 1.54) is 0 Å². The number of hydrogen-bond donors (Lipinski definition) is 1. The number of nitrogens with one attached hydrogen (secondary N) is 1. The second-order valence-corrected chi connectivity index (χ2v) is 6.41. The summed E-state index contributed by atoms with van der Waals surface area (Å²) in [6.45, 7) is 3.00. The highest BCUT2D eigenvalue weighted by molar-refractivity contribution is 7.13. The third kappa shape index (κ3) is 3.46. The highest BCUT2D eigenvalue weighted by Crippen LogP contribution is 2.24. The molecule has 1 aromatic carbocycles. The van der Waals surface area contributed by atoms with Crippen LogP contribution >= 0.6 is 22.9 Å². The number of carbonyl (C=O) groups is 1. The lowest BCUT2D eigenvalue weighted by Gasteiger charge is -2.20. The molecule has 2 heterocycles. The van der Waals surface area contributed by atoms with Crippen molar-refractivity contribution in [3.8, 4) is 10.6 Å². The summed E-state index contributed by atoms with van der Waals surface area (Å²) in [5.41, 5.74) is 2.21. The minimum atomic E-state index is -0.105. The maximum Gasteiger partial charge on any atom is 0.274 e. The second-order valence-electron chi connectivity index (χ2n) is 5.05.